The van der Waals surface area contributed by atoms with Crippen molar-refractivity contribution in [3.8, 4) is 22.8 Å². The van der Waals surface area contributed by atoms with Crippen LogP contribution >= 0.6 is 27.5 Å². The van der Waals surface area contributed by atoms with Crippen LogP contribution in [0.5, 0.6) is 0 Å². The van der Waals surface area contributed by atoms with Crippen molar-refractivity contribution in [3.05, 3.63) is 104 Å². The van der Waals surface area contributed by atoms with Gasteiger partial charge >= 0.3 is 0 Å². The lowest BCUT2D eigenvalue weighted by atomic mass is 10.1. The van der Waals surface area contributed by atoms with E-state index in [0.29, 0.717) is 22.2 Å². The van der Waals surface area contributed by atoms with E-state index in [1.165, 1.54) is 16.3 Å². The van der Waals surface area contributed by atoms with Gasteiger partial charge in [0.15, 0.2) is 11.3 Å². The second-order valence-electron chi connectivity index (χ2n) is 7.43. The largest absolute Gasteiger partial charge is 0.354 e. The first-order valence-electron chi connectivity index (χ1n) is 10.3. The van der Waals surface area contributed by atoms with Crippen molar-refractivity contribution in [2.45, 2.75) is 0 Å². The lowest BCUT2D eigenvalue weighted by molar-refractivity contribution is 0.0959. The number of halogens is 2. The van der Waals surface area contributed by atoms with Crippen LogP contribution in [-0.4, -0.2) is 32.3 Å². The van der Waals surface area contributed by atoms with E-state index in [9.17, 15) is 9.59 Å². The summed E-state index contributed by atoms with van der Waals surface area (Å²) in [5, 5.41) is 7.73. The molecule has 5 rings (SSSR count). The average molecular weight is 535 g/mol. The molecule has 0 spiro atoms. The lowest BCUT2D eigenvalue weighted by Gasteiger charge is -2.14. The Morgan fingerprint density at radius 2 is 1.62 bits per heavy atom. The molecule has 2 aromatic heterocycles. The predicted molar refractivity (Wildman–Crippen MR) is 136 cm³/mol. The highest BCUT2D eigenvalue weighted by Gasteiger charge is 2.25. The highest BCUT2D eigenvalue weighted by Crippen LogP contribution is 2.27. The zero-order chi connectivity index (χ0) is 23.8. The quantitative estimate of drug-likeness (QED) is 0.351. The monoisotopic (exact) mass is 533 g/mol. The van der Waals surface area contributed by atoms with Crippen LogP contribution in [0.1, 0.15) is 10.5 Å². The van der Waals surface area contributed by atoms with Gasteiger partial charge in [0.25, 0.3) is 11.5 Å². The number of carbonyl (C=O) groups excluding carboxylic acids is 1. The number of hydrogen-bond donors (Lipinski definition) is 1. The van der Waals surface area contributed by atoms with Gasteiger partial charge in [-0.3, -0.25) is 14.2 Å². The van der Waals surface area contributed by atoms with Gasteiger partial charge in [-0.25, -0.2) is 9.67 Å². The number of fused-ring (bicyclic) bond motifs is 1. The van der Waals surface area contributed by atoms with Crippen molar-refractivity contribution in [2.24, 2.45) is 0 Å². The Morgan fingerprint density at radius 1 is 0.941 bits per heavy atom. The number of benzene rings is 3. The van der Waals surface area contributed by atoms with Crippen LogP contribution in [0.2, 0.25) is 5.02 Å². The van der Waals surface area contributed by atoms with Crippen molar-refractivity contribution in [1.82, 2.24) is 24.6 Å². The van der Waals surface area contributed by atoms with Crippen molar-refractivity contribution >= 4 is 44.5 Å². The fourth-order valence-corrected chi connectivity index (χ4v) is 4.11. The minimum absolute atomic E-state index is 0.00363. The van der Waals surface area contributed by atoms with Gasteiger partial charge in [0.1, 0.15) is 11.2 Å². The van der Waals surface area contributed by atoms with Gasteiger partial charge in [0.2, 0.25) is 0 Å². The number of hydrogen-bond acceptors (Lipinski definition) is 4. The zero-order valence-corrected chi connectivity index (χ0v) is 20.2. The molecule has 0 unspecified atom stereocenters. The first kappa shape index (κ1) is 22.1. The van der Waals surface area contributed by atoms with E-state index in [1.54, 1.807) is 24.3 Å². The zero-order valence-electron chi connectivity index (χ0n) is 17.9. The third kappa shape index (κ3) is 3.81. The van der Waals surface area contributed by atoms with E-state index < -0.39 is 11.5 Å². The molecule has 2 heterocycles. The van der Waals surface area contributed by atoms with Gasteiger partial charge in [-0.1, -0.05) is 57.9 Å². The molecule has 0 aliphatic carbocycles. The standard InChI is InChI=1S/C25H17BrClN5O2/c1-28-24(33)21-20-23(32(30-21)19-5-3-2-4-6-19)29-22(15-7-9-16(26)10-8-15)31(25(20)34)18-13-11-17(27)12-14-18/h2-14H,1H3,(H,28,33). The minimum Gasteiger partial charge on any atom is -0.354 e. The number of para-hydroxylation sites is 1. The van der Waals surface area contributed by atoms with Crippen LogP contribution in [0.4, 0.5) is 0 Å². The molecule has 5 aromatic rings. The summed E-state index contributed by atoms with van der Waals surface area (Å²) < 4.78 is 3.90. The average Bonchev–Trinajstić information content (AvgIpc) is 3.25. The topological polar surface area (TPSA) is 81.8 Å². The maximum Gasteiger partial charge on any atom is 0.272 e. The van der Waals surface area contributed by atoms with Gasteiger partial charge in [0.05, 0.1) is 11.4 Å². The summed E-state index contributed by atoms with van der Waals surface area (Å²) >= 11 is 9.54. The van der Waals surface area contributed by atoms with E-state index >= 15 is 0 Å². The van der Waals surface area contributed by atoms with E-state index in [0.717, 1.165) is 10.0 Å². The summed E-state index contributed by atoms with van der Waals surface area (Å²) in [5.74, 6) is -0.0644. The molecule has 3 aromatic carbocycles. The number of rotatable bonds is 4. The molecule has 1 amide bonds. The Morgan fingerprint density at radius 3 is 2.26 bits per heavy atom. The molecular weight excluding hydrogens is 518 g/mol. The Bertz CT molecular complexity index is 1580. The molecule has 7 nitrogen and oxygen atoms in total. The molecule has 0 saturated carbocycles. The number of amides is 1. The van der Waals surface area contributed by atoms with Crippen LogP contribution < -0.4 is 10.9 Å². The highest BCUT2D eigenvalue weighted by molar-refractivity contribution is 9.10. The Balaban J connectivity index is 1.93. The van der Waals surface area contributed by atoms with E-state index in [2.05, 4.69) is 26.3 Å². The van der Waals surface area contributed by atoms with Gasteiger partial charge in [0, 0.05) is 22.1 Å². The number of nitrogens with zero attached hydrogens (tertiary/aromatic N) is 4. The molecule has 1 N–H and O–H groups in total. The van der Waals surface area contributed by atoms with Crippen LogP contribution in [0.25, 0.3) is 33.8 Å². The first-order valence-corrected chi connectivity index (χ1v) is 11.5. The lowest BCUT2D eigenvalue weighted by Crippen LogP contribution is -2.25. The van der Waals surface area contributed by atoms with Crippen LogP contribution in [0.3, 0.4) is 0 Å². The summed E-state index contributed by atoms with van der Waals surface area (Å²) in [7, 11) is 1.50. The van der Waals surface area contributed by atoms with Gasteiger partial charge in [-0.05, 0) is 48.5 Å². The second kappa shape index (κ2) is 8.89. The van der Waals surface area contributed by atoms with Crippen LogP contribution in [0.15, 0.2) is 88.1 Å². The van der Waals surface area contributed by atoms with Crippen LogP contribution in [-0.2, 0) is 0 Å². The summed E-state index contributed by atoms with van der Waals surface area (Å²) in [6, 6.07) is 23.6. The molecule has 0 fully saturated rings. The summed E-state index contributed by atoms with van der Waals surface area (Å²) in [4.78, 5) is 31.6. The number of aromatic nitrogens is 4. The van der Waals surface area contributed by atoms with Crippen molar-refractivity contribution in [3.63, 3.8) is 0 Å². The maximum atomic E-state index is 14.0. The third-order valence-corrected chi connectivity index (χ3v) is 6.11. The van der Waals surface area contributed by atoms with E-state index in [1.807, 2.05) is 54.6 Å². The van der Waals surface area contributed by atoms with Crippen molar-refractivity contribution in [2.75, 3.05) is 7.05 Å². The molecule has 34 heavy (non-hydrogen) atoms. The summed E-state index contributed by atoms with van der Waals surface area (Å²) in [6.45, 7) is 0. The number of carbonyl (C=O) groups is 1. The smallest absolute Gasteiger partial charge is 0.272 e. The Labute approximate surface area is 207 Å². The normalized spacial score (nSPS) is 11.0. The molecule has 0 atom stereocenters. The second-order valence-corrected chi connectivity index (χ2v) is 8.79. The summed E-state index contributed by atoms with van der Waals surface area (Å²) in [5.41, 5.74) is 1.85. The number of nitrogens with one attached hydrogen (secondary N) is 1. The fraction of sp³-hybridized carbons (Fsp3) is 0.0400. The molecule has 0 bridgehead atoms. The van der Waals surface area contributed by atoms with Crippen LogP contribution in [0, 0.1) is 0 Å². The molecule has 168 valence electrons. The van der Waals surface area contributed by atoms with E-state index in [-0.39, 0.29) is 16.7 Å². The van der Waals surface area contributed by atoms with E-state index in [4.69, 9.17) is 16.6 Å². The van der Waals surface area contributed by atoms with Gasteiger partial charge in [-0.15, -0.1) is 0 Å². The summed E-state index contributed by atoms with van der Waals surface area (Å²) in [6.07, 6.45) is 0. The SMILES string of the molecule is CNC(=O)c1nn(-c2ccccc2)c2nc(-c3ccc(Br)cc3)n(-c3ccc(Cl)cc3)c(=O)c12. The maximum absolute atomic E-state index is 14.0. The third-order valence-electron chi connectivity index (χ3n) is 5.33. The Hall–Kier alpha value is -3.75. The molecule has 9 heteroatoms. The van der Waals surface area contributed by atoms with Gasteiger partial charge in [-0.2, -0.15) is 5.10 Å². The van der Waals surface area contributed by atoms with Crippen molar-refractivity contribution < 1.29 is 4.79 Å². The predicted octanol–water partition coefficient (Wildman–Crippen LogP) is 5.01. The van der Waals surface area contributed by atoms with Gasteiger partial charge < -0.3 is 5.32 Å². The molecule has 0 radical (unpaired) electrons. The highest BCUT2D eigenvalue weighted by atomic mass is 79.9. The molecule has 0 aliphatic rings. The molecule has 0 aliphatic heterocycles. The first-order chi connectivity index (χ1) is 16.5. The molecular formula is C25H17BrClN5O2. The Kier molecular flexibility index (Phi) is 5.77. The van der Waals surface area contributed by atoms with Crippen molar-refractivity contribution in [1.29, 1.82) is 0 Å². The molecule has 0 saturated heterocycles. The fourth-order valence-electron chi connectivity index (χ4n) is 3.72. The minimum atomic E-state index is -0.474.